The van der Waals surface area contributed by atoms with Gasteiger partial charge in [0.15, 0.2) is 0 Å². The van der Waals surface area contributed by atoms with Gasteiger partial charge >= 0.3 is 6.09 Å². The van der Waals surface area contributed by atoms with Crippen LogP contribution in [0.3, 0.4) is 0 Å². The number of unbranched alkanes of at least 4 members (excludes halogenated alkanes) is 1. The molecule has 3 aromatic rings. The van der Waals surface area contributed by atoms with Crippen molar-refractivity contribution < 1.29 is 23.1 Å². The van der Waals surface area contributed by atoms with Gasteiger partial charge in [-0.25, -0.2) is 13.2 Å². The van der Waals surface area contributed by atoms with Crippen LogP contribution in [-0.2, 0) is 14.8 Å². The van der Waals surface area contributed by atoms with Crippen LogP contribution in [0, 0.1) is 5.92 Å². The Morgan fingerprint density at radius 3 is 2.15 bits per heavy atom. The Balaban J connectivity index is 1.27. The van der Waals surface area contributed by atoms with Crippen LogP contribution in [0.15, 0.2) is 77.7 Å². The summed E-state index contributed by atoms with van der Waals surface area (Å²) in [6.07, 6.45) is 1.23. The summed E-state index contributed by atoms with van der Waals surface area (Å²) in [5.41, 5.74) is 10.9. The number of alkyl carbamates (subject to hydrolysis) is 1. The van der Waals surface area contributed by atoms with Crippen LogP contribution in [0.2, 0.25) is 0 Å². The molecule has 4 rings (SSSR count). The highest BCUT2D eigenvalue weighted by molar-refractivity contribution is 7.89. The summed E-state index contributed by atoms with van der Waals surface area (Å²) in [5, 5.41) is 12.9. The number of carbonyl (C=O) groups is 1. The number of fused-ring (bicyclic) bond motifs is 3. The molecule has 0 bridgehead atoms. The molecule has 1 aliphatic carbocycles. The van der Waals surface area contributed by atoms with E-state index in [2.05, 4.69) is 29.6 Å². The van der Waals surface area contributed by atoms with Crippen molar-refractivity contribution in [2.24, 2.45) is 5.92 Å². The number of nitrogen functional groups attached to an aromatic ring is 1. The number of hydrogen-bond acceptors (Lipinski definition) is 6. The third-order valence-corrected chi connectivity index (χ3v) is 9.16. The second-order valence-corrected chi connectivity index (χ2v) is 12.5. The first-order valence-electron chi connectivity index (χ1n) is 13.8. The highest BCUT2D eigenvalue weighted by Gasteiger charge is 2.32. The lowest BCUT2D eigenvalue weighted by Crippen LogP contribution is -2.44. The molecule has 0 fully saturated rings. The lowest BCUT2D eigenvalue weighted by molar-refractivity contribution is 0.142. The number of carbonyl (C=O) groups excluding carboxylic acids is 1. The molecular formula is C31H39N3O5S. The smallest absolute Gasteiger partial charge is 0.407 e. The summed E-state index contributed by atoms with van der Waals surface area (Å²) in [7, 11) is -3.81. The first-order valence-corrected chi connectivity index (χ1v) is 15.2. The van der Waals surface area contributed by atoms with E-state index in [1.54, 1.807) is 12.1 Å². The summed E-state index contributed by atoms with van der Waals surface area (Å²) < 4.78 is 33.8. The maximum atomic E-state index is 13.4. The van der Waals surface area contributed by atoms with Gasteiger partial charge in [-0.15, -0.1) is 0 Å². The molecule has 0 radical (unpaired) electrons. The fourth-order valence-electron chi connectivity index (χ4n) is 5.25. The van der Waals surface area contributed by atoms with E-state index in [-0.39, 0.29) is 36.5 Å². The van der Waals surface area contributed by atoms with Crippen molar-refractivity contribution in [1.82, 2.24) is 9.62 Å². The highest BCUT2D eigenvalue weighted by Crippen LogP contribution is 2.44. The Kier molecular flexibility index (Phi) is 9.84. The van der Waals surface area contributed by atoms with Gasteiger partial charge in [-0.3, -0.25) is 0 Å². The number of amides is 1. The highest BCUT2D eigenvalue weighted by atomic mass is 32.2. The number of sulfonamides is 1. The number of benzene rings is 3. The van der Waals surface area contributed by atoms with Crippen LogP contribution in [0.5, 0.6) is 0 Å². The van der Waals surface area contributed by atoms with E-state index in [0.29, 0.717) is 31.5 Å². The predicted octanol–water partition coefficient (Wildman–Crippen LogP) is 4.99. The Labute approximate surface area is 237 Å². The lowest BCUT2D eigenvalue weighted by atomic mass is 9.98. The largest absolute Gasteiger partial charge is 0.449 e. The number of aliphatic hydroxyl groups is 1. The van der Waals surface area contributed by atoms with E-state index in [1.165, 1.54) is 27.6 Å². The predicted molar refractivity (Wildman–Crippen MR) is 157 cm³/mol. The molecular weight excluding hydrogens is 526 g/mol. The van der Waals surface area contributed by atoms with Gasteiger partial charge in [-0.2, -0.15) is 4.31 Å². The van der Waals surface area contributed by atoms with Crippen molar-refractivity contribution in [3.05, 3.63) is 83.9 Å². The molecule has 0 saturated carbocycles. The molecule has 0 unspecified atom stereocenters. The van der Waals surface area contributed by atoms with Crippen molar-refractivity contribution in [3.8, 4) is 11.1 Å². The van der Waals surface area contributed by atoms with E-state index in [0.717, 1.165) is 11.1 Å². The van der Waals surface area contributed by atoms with Crippen molar-refractivity contribution in [3.63, 3.8) is 0 Å². The third kappa shape index (κ3) is 6.83. The van der Waals surface area contributed by atoms with Gasteiger partial charge in [0.1, 0.15) is 6.61 Å². The number of hydrogen-bond donors (Lipinski definition) is 3. The standard InChI is InChI=1S/C31H39N3O5S/c1-22(2)19-34(40(37,38)25-16-14-23(32)15-17-25)24(20-35)9-7-8-18-33-31(36)39-21-30-28-12-5-3-10-26(28)27-11-4-6-13-29(27)30/h3-6,10-17,22,24,30,35H,7-9,18-21,32H2,1-2H3,(H,33,36)/t24-/m0/s1. The second kappa shape index (κ2) is 13.3. The third-order valence-electron chi connectivity index (χ3n) is 7.23. The molecule has 40 heavy (non-hydrogen) atoms. The van der Waals surface area contributed by atoms with E-state index >= 15 is 0 Å². The van der Waals surface area contributed by atoms with Crippen molar-refractivity contribution >= 4 is 21.8 Å². The second-order valence-electron chi connectivity index (χ2n) is 10.6. The molecule has 0 aliphatic heterocycles. The van der Waals surface area contributed by atoms with E-state index < -0.39 is 22.2 Å². The van der Waals surface area contributed by atoms with Gasteiger partial charge in [-0.1, -0.05) is 68.8 Å². The van der Waals surface area contributed by atoms with Crippen molar-refractivity contribution in [1.29, 1.82) is 0 Å². The molecule has 3 aromatic carbocycles. The number of nitrogens with one attached hydrogen (secondary N) is 1. The van der Waals surface area contributed by atoms with Gasteiger partial charge in [0.05, 0.1) is 11.5 Å². The zero-order valence-corrected chi connectivity index (χ0v) is 23.9. The molecule has 0 heterocycles. The number of nitrogens with zero attached hydrogens (tertiary/aromatic N) is 1. The van der Waals surface area contributed by atoms with E-state index in [9.17, 15) is 18.3 Å². The quantitative estimate of drug-likeness (QED) is 0.198. The molecule has 214 valence electrons. The van der Waals surface area contributed by atoms with Gasteiger partial charge in [0, 0.05) is 30.7 Å². The van der Waals surface area contributed by atoms with Crippen LogP contribution in [0.4, 0.5) is 10.5 Å². The molecule has 1 atom stereocenters. The Bertz CT molecular complexity index is 1350. The minimum atomic E-state index is -3.81. The fraction of sp³-hybridized carbons (Fsp3) is 0.387. The van der Waals surface area contributed by atoms with Gasteiger partial charge in [0.25, 0.3) is 0 Å². The molecule has 0 aromatic heterocycles. The maximum Gasteiger partial charge on any atom is 0.407 e. The van der Waals surface area contributed by atoms with Crippen LogP contribution < -0.4 is 11.1 Å². The molecule has 1 amide bonds. The summed E-state index contributed by atoms with van der Waals surface area (Å²) in [6, 6.07) is 21.9. The zero-order valence-electron chi connectivity index (χ0n) is 23.1. The average molecular weight is 566 g/mol. The summed E-state index contributed by atoms with van der Waals surface area (Å²) in [6.45, 7) is 4.52. The fourth-order valence-corrected chi connectivity index (χ4v) is 7.06. The minimum Gasteiger partial charge on any atom is -0.449 e. The molecule has 4 N–H and O–H groups in total. The first kappa shape index (κ1) is 29.6. The monoisotopic (exact) mass is 565 g/mol. The van der Waals surface area contributed by atoms with Crippen LogP contribution >= 0.6 is 0 Å². The van der Waals surface area contributed by atoms with Crippen LogP contribution in [0.25, 0.3) is 11.1 Å². The van der Waals surface area contributed by atoms with Gasteiger partial charge < -0.3 is 20.9 Å². The van der Waals surface area contributed by atoms with Crippen LogP contribution in [-0.4, -0.2) is 56.3 Å². The molecule has 0 spiro atoms. The number of ether oxygens (including phenoxy) is 1. The Morgan fingerprint density at radius 2 is 1.57 bits per heavy atom. The van der Waals surface area contributed by atoms with E-state index in [1.807, 2.05) is 38.1 Å². The van der Waals surface area contributed by atoms with Crippen molar-refractivity contribution in [2.75, 3.05) is 32.0 Å². The Hall–Kier alpha value is -3.40. The number of nitrogens with two attached hydrogens (primary N) is 1. The lowest BCUT2D eigenvalue weighted by Gasteiger charge is -2.31. The maximum absolute atomic E-state index is 13.4. The van der Waals surface area contributed by atoms with Gasteiger partial charge in [0.2, 0.25) is 10.0 Å². The average Bonchev–Trinajstić information content (AvgIpc) is 3.26. The number of aliphatic hydroxyl groups excluding tert-OH is 1. The van der Waals surface area contributed by atoms with Gasteiger partial charge in [-0.05, 0) is 65.3 Å². The van der Waals surface area contributed by atoms with Crippen LogP contribution in [0.1, 0.15) is 50.2 Å². The summed E-state index contributed by atoms with van der Waals surface area (Å²) >= 11 is 0. The van der Waals surface area contributed by atoms with Crippen molar-refractivity contribution in [2.45, 2.75) is 50.0 Å². The summed E-state index contributed by atoms with van der Waals surface area (Å²) in [4.78, 5) is 12.6. The number of rotatable bonds is 13. The topological polar surface area (TPSA) is 122 Å². The minimum absolute atomic E-state index is 0.00147. The van der Waals surface area contributed by atoms with E-state index in [4.69, 9.17) is 10.5 Å². The molecule has 1 aliphatic rings. The summed E-state index contributed by atoms with van der Waals surface area (Å²) in [5.74, 6) is 0.0752. The normalized spacial score (nSPS) is 13.7. The zero-order chi connectivity index (χ0) is 28.7. The molecule has 8 nitrogen and oxygen atoms in total. The number of anilines is 1. The molecule has 9 heteroatoms. The Morgan fingerprint density at radius 1 is 0.975 bits per heavy atom. The SMILES string of the molecule is CC(C)CN([C@H](CO)CCCCNC(=O)OCC1c2ccccc2-c2ccccc21)S(=O)(=O)c1ccc(N)cc1. The molecule has 0 saturated heterocycles. The first-order chi connectivity index (χ1) is 19.2.